The van der Waals surface area contributed by atoms with Gasteiger partial charge in [0.1, 0.15) is 12.1 Å². The van der Waals surface area contributed by atoms with Crippen molar-refractivity contribution in [2.45, 2.75) is 13.0 Å². The zero-order valence-electron chi connectivity index (χ0n) is 4.25. The van der Waals surface area contributed by atoms with Gasteiger partial charge in [-0.25, -0.2) is 0 Å². The molecule has 0 fully saturated rings. The molecule has 0 amide bonds. The second-order valence-corrected chi connectivity index (χ2v) is 1.33. The normalized spacial score (nSPS) is 12.8. The van der Waals surface area contributed by atoms with Crippen LogP contribution in [0.5, 0.6) is 0 Å². The van der Waals surface area contributed by atoms with Crippen LogP contribution in [0.15, 0.2) is 0 Å². The van der Waals surface area contributed by atoms with Gasteiger partial charge in [0.05, 0.1) is 0 Å². The van der Waals surface area contributed by atoms with Gasteiger partial charge in [-0.15, -0.1) is 0 Å². The van der Waals surface area contributed by atoms with E-state index in [1.54, 1.807) is 0 Å². The van der Waals surface area contributed by atoms with E-state index < -0.39 is 17.9 Å². The molecule has 0 radical (unpaired) electrons. The Morgan fingerprint density at radius 2 is 2.00 bits per heavy atom. The molecular formula is C4H5O4-. The molecule has 8 heavy (non-hydrogen) atoms. The van der Waals surface area contributed by atoms with Crippen LogP contribution in [0, 0.1) is 0 Å². The molecule has 0 heterocycles. The fourth-order valence-corrected chi connectivity index (χ4v) is 0.171. The second kappa shape index (κ2) is 2.42. The zero-order chi connectivity index (χ0) is 6.73. The third-order valence-electron chi connectivity index (χ3n) is 0.581. The molecule has 0 aromatic heterocycles. The summed E-state index contributed by atoms with van der Waals surface area (Å²) in [6.45, 7) is 1.07. The van der Waals surface area contributed by atoms with Crippen molar-refractivity contribution in [3.8, 4) is 0 Å². The van der Waals surface area contributed by atoms with Crippen molar-refractivity contribution in [2.24, 2.45) is 0 Å². The number of carbonyl (C=O) groups excluding carboxylic acids is 2. The van der Waals surface area contributed by atoms with Crippen molar-refractivity contribution in [1.82, 2.24) is 0 Å². The fourth-order valence-electron chi connectivity index (χ4n) is 0.171. The van der Waals surface area contributed by atoms with Gasteiger partial charge < -0.3 is 15.0 Å². The Hall–Kier alpha value is -0.900. The quantitative estimate of drug-likeness (QED) is 0.412. The first-order valence-electron chi connectivity index (χ1n) is 1.99. The number of ketones is 1. The van der Waals surface area contributed by atoms with Crippen LogP contribution in [-0.2, 0) is 9.59 Å². The molecule has 0 rings (SSSR count). The average molecular weight is 117 g/mol. The summed E-state index contributed by atoms with van der Waals surface area (Å²) in [6, 6.07) is 0. The summed E-state index contributed by atoms with van der Waals surface area (Å²) in [5.74, 6) is -3.13. The minimum Gasteiger partial charge on any atom is -0.542 e. The Bertz CT molecular complexity index is 115. The molecule has 0 aliphatic heterocycles. The van der Waals surface area contributed by atoms with Gasteiger partial charge in [0.2, 0.25) is 5.78 Å². The molecule has 0 unspecified atom stereocenters. The summed E-state index contributed by atoms with van der Waals surface area (Å²) in [5, 5.41) is 17.7. The van der Waals surface area contributed by atoms with Crippen LogP contribution in [0.1, 0.15) is 6.92 Å². The summed E-state index contributed by atoms with van der Waals surface area (Å²) < 4.78 is 0. The predicted octanol–water partition coefficient (Wildman–Crippen LogP) is -2.31. The first-order chi connectivity index (χ1) is 3.55. The van der Waals surface area contributed by atoms with Crippen molar-refractivity contribution in [2.75, 3.05) is 0 Å². The number of Topliss-reactive ketones (excluding diaryl/α,β-unsaturated/α-hetero) is 1. The maximum atomic E-state index is 9.93. The Kier molecular flexibility index (Phi) is 2.15. The summed E-state index contributed by atoms with van der Waals surface area (Å²) in [6.07, 6.45) is -1.46. The SMILES string of the molecule is C[C@@H](O)C(=O)C(=O)[O-]. The molecule has 4 heteroatoms. The monoisotopic (exact) mass is 117 g/mol. The van der Waals surface area contributed by atoms with Crippen LogP contribution in [0.2, 0.25) is 0 Å². The van der Waals surface area contributed by atoms with E-state index in [9.17, 15) is 14.7 Å². The average Bonchev–Trinajstić information content (AvgIpc) is 1.64. The lowest BCUT2D eigenvalue weighted by Gasteiger charge is -2.00. The maximum Gasteiger partial charge on any atom is 0.206 e. The molecular weight excluding hydrogens is 112 g/mol. The molecule has 0 aromatic carbocycles. The molecule has 0 bridgehead atoms. The van der Waals surface area contributed by atoms with Crippen molar-refractivity contribution < 1.29 is 19.8 Å². The highest BCUT2D eigenvalue weighted by Gasteiger charge is 2.07. The fraction of sp³-hybridized carbons (Fsp3) is 0.500. The number of carbonyl (C=O) groups is 2. The second-order valence-electron chi connectivity index (χ2n) is 1.33. The molecule has 1 N–H and O–H groups in total. The number of carboxylic acids is 1. The van der Waals surface area contributed by atoms with Crippen molar-refractivity contribution >= 4 is 11.8 Å². The van der Waals surface area contributed by atoms with Gasteiger partial charge in [0, 0.05) is 0 Å². The van der Waals surface area contributed by atoms with Crippen molar-refractivity contribution in [3.05, 3.63) is 0 Å². The number of aliphatic carboxylic acids is 1. The minimum absolute atomic E-state index is 1.07. The van der Waals surface area contributed by atoms with Gasteiger partial charge in [-0.2, -0.15) is 0 Å². The van der Waals surface area contributed by atoms with Crippen LogP contribution in [0.4, 0.5) is 0 Å². The van der Waals surface area contributed by atoms with Gasteiger partial charge in [0.25, 0.3) is 0 Å². The Labute approximate surface area is 45.7 Å². The number of aliphatic hydroxyl groups excluding tert-OH is 1. The predicted molar refractivity (Wildman–Crippen MR) is 21.7 cm³/mol. The molecule has 0 spiro atoms. The number of hydrogen-bond donors (Lipinski definition) is 1. The van der Waals surface area contributed by atoms with E-state index in [1.165, 1.54) is 0 Å². The van der Waals surface area contributed by atoms with E-state index in [2.05, 4.69) is 0 Å². The first kappa shape index (κ1) is 7.10. The standard InChI is InChI=1S/C4H6O4/c1-2(5)3(6)4(7)8/h2,5H,1H3,(H,7,8)/p-1/t2-/m1/s1. The molecule has 0 saturated carbocycles. The Balaban J connectivity index is 3.84. The molecule has 0 aliphatic rings. The highest BCUT2D eigenvalue weighted by atomic mass is 16.4. The molecule has 0 aromatic rings. The van der Waals surface area contributed by atoms with Gasteiger partial charge in [-0.3, -0.25) is 4.79 Å². The summed E-state index contributed by atoms with van der Waals surface area (Å²) >= 11 is 0. The maximum absolute atomic E-state index is 9.93. The number of carboxylic acid groups (broad SMARTS) is 1. The Morgan fingerprint density at radius 3 is 2.00 bits per heavy atom. The molecule has 0 saturated heterocycles. The van der Waals surface area contributed by atoms with E-state index >= 15 is 0 Å². The molecule has 1 atom stereocenters. The van der Waals surface area contributed by atoms with Crippen molar-refractivity contribution in [1.29, 1.82) is 0 Å². The smallest absolute Gasteiger partial charge is 0.206 e. The highest BCUT2D eigenvalue weighted by molar-refractivity contribution is 6.33. The van der Waals surface area contributed by atoms with Gasteiger partial charge in [0.15, 0.2) is 0 Å². The van der Waals surface area contributed by atoms with E-state index in [4.69, 9.17) is 5.11 Å². The van der Waals surface area contributed by atoms with Gasteiger partial charge in [-0.05, 0) is 6.92 Å². The third kappa shape index (κ3) is 1.70. The Morgan fingerprint density at radius 1 is 1.62 bits per heavy atom. The summed E-state index contributed by atoms with van der Waals surface area (Å²) in [5.41, 5.74) is 0. The summed E-state index contributed by atoms with van der Waals surface area (Å²) in [4.78, 5) is 19.5. The van der Waals surface area contributed by atoms with E-state index in [0.29, 0.717) is 0 Å². The minimum atomic E-state index is -1.85. The number of hydrogen-bond acceptors (Lipinski definition) is 4. The number of aliphatic hydroxyl groups is 1. The lowest BCUT2D eigenvalue weighted by molar-refractivity contribution is -0.300. The van der Waals surface area contributed by atoms with Crippen molar-refractivity contribution in [3.63, 3.8) is 0 Å². The molecule has 4 nitrogen and oxygen atoms in total. The lowest BCUT2D eigenvalue weighted by atomic mass is 10.3. The largest absolute Gasteiger partial charge is 0.542 e. The zero-order valence-corrected chi connectivity index (χ0v) is 4.25. The van der Waals surface area contributed by atoms with Gasteiger partial charge in [-0.1, -0.05) is 0 Å². The third-order valence-corrected chi connectivity index (χ3v) is 0.581. The van der Waals surface area contributed by atoms with Crippen LogP contribution < -0.4 is 5.11 Å². The van der Waals surface area contributed by atoms with E-state index in [-0.39, 0.29) is 0 Å². The summed E-state index contributed by atoms with van der Waals surface area (Å²) in [7, 11) is 0. The lowest BCUT2D eigenvalue weighted by Crippen LogP contribution is -2.37. The van der Waals surface area contributed by atoms with Crippen LogP contribution >= 0.6 is 0 Å². The molecule has 0 aliphatic carbocycles. The van der Waals surface area contributed by atoms with Crippen LogP contribution in [0.3, 0.4) is 0 Å². The topological polar surface area (TPSA) is 77.4 Å². The van der Waals surface area contributed by atoms with E-state index in [1.807, 2.05) is 0 Å². The molecule has 46 valence electrons. The van der Waals surface area contributed by atoms with Crippen LogP contribution in [0.25, 0.3) is 0 Å². The van der Waals surface area contributed by atoms with Gasteiger partial charge >= 0.3 is 0 Å². The highest BCUT2D eigenvalue weighted by Crippen LogP contribution is 1.78. The first-order valence-corrected chi connectivity index (χ1v) is 1.99. The number of rotatable bonds is 2. The van der Waals surface area contributed by atoms with E-state index in [0.717, 1.165) is 6.92 Å². The van der Waals surface area contributed by atoms with Crippen LogP contribution in [-0.4, -0.2) is 23.0 Å².